The van der Waals surface area contributed by atoms with Crippen LogP contribution in [0.2, 0.25) is 0 Å². The maximum atomic E-state index is 13.0. The van der Waals surface area contributed by atoms with E-state index in [1.165, 1.54) is 18.2 Å². The zero-order valence-corrected chi connectivity index (χ0v) is 20.2. The maximum Gasteiger partial charge on any atom is 0.379 e. The third-order valence-corrected chi connectivity index (χ3v) is 6.07. The summed E-state index contributed by atoms with van der Waals surface area (Å²) in [5, 5.41) is 1.07. The number of hydrogen-bond donors (Lipinski definition) is 0. The molecule has 164 valence electrons. The predicted molar refractivity (Wildman–Crippen MR) is 130 cm³/mol. The molecule has 33 heavy (non-hydrogen) atoms. The van der Waals surface area contributed by atoms with Gasteiger partial charge in [0.2, 0.25) is 16.9 Å². The number of rotatable bonds is 4. The van der Waals surface area contributed by atoms with Crippen LogP contribution in [-0.4, -0.2) is 5.97 Å². The monoisotopic (exact) mass is 568 g/mol. The molecule has 0 amide bonds. The smallest absolute Gasteiger partial charge is 0.379 e. The first kappa shape index (κ1) is 21.5. The largest absolute Gasteiger partial charge is 0.457 e. The predicted octanol–water partition coefficient (Wildman–Crippen LogP) is 7.38. The standard InChI is InChI=1S/C25H14Br2O6/c1-13-24(33-20-5-3-2-4-18(20)27)23(28)17-8-7-16(12-21(17)30-13)31-25(29)22-11-14-10-15(26)6-9-19(14)32-22/h2-12H,1H3. The van der Waals surface area contributed by atoms with Gasteiger partial charge in [-0.3, -0.25) is 4.79 Å². The van der Waals surface area contributed by atoms with E-state index in [4.69, 9.17) is 18.3 Å². The number of aryl methyl sites for hydroxylation is 1. The highest BCUT2D eigenvalue weighted by Crippen LogP contribution is 2.32. The van der Waals surface area contributed by atoms with Crippen LogP contribution in [0.4, 0.5) is 0 Å². The van der Waals surface area contributed by atoms with Gasteiger partial charge < -0.3 is 18.3 Å². The summed E-state index contributed by atoms with van der Waals surface area (Å²) < 4.78 is 24.2. The maximum absolute atomic E-state index is 13.0. The SMILES string of the molecule is Cc1oc2cc(OC(=O)c3cc4cc(Br)ccc4o3)ccc2c(=O)c1Oc1ccccc1Br. The van der Waals surface area contributed by atoms with Crippen LogP contribution in [-0.2, 0) is 0 Å². The van der Waals surface area contributed by atoms with Crippen molar-refractivity contribution in [3.05, 3.63) is 97.4 Å². The van der Waals surface area contributed by atoms with Gasteiger partial charge in [-0.25, -0.2) is 4.79 Å². The zero-order valence-electron chi connectivity index (χ0n) is 17.1. The molecule has 0 N–H and O–H groups in total. The van der Waals surface area contributed by atoms with Gasteiger partial charge in [0.05, 0.1) is 9.86 Å². The molecule has 5 rings (SSSR count). The van der Waals surface area contributed by atoms with Gasteiger partial charge in [0, 0.05) is 15.9 Å². The lowest BCUT2D eigenvalue weighted by molar-refractivity contribution is 0.0704. The molecule has 0 atom stereocenters. The Bertz CT molecular complexity index is 1600. The summed E-state index contributed by atoms with van der Waals surface area (Å²) in [5.74, 6) is 0.515. The third-order valence-electron chi connectivity index (χ3n) is 4.93. The molecular weight excluding hydrogens is 556 g/mol. The van der Waals surface area contributed by atoms with E-state index in [9.17, 15) is 9.59 Å². The van der Waals surface area contributed by atoms with Gasteiger partial charge in [-0.15, -0.1) is 0 Å². The van der Waals surface area contributed by atoms with Crippen LogP contribution < -0.4 is 14.9 Å². The molecular formula is C25H14Br2O6. The Kier molecular flexibility index (Phi) is 5.55. The zero-order chi connectivity index (χ0) is 23.1. The number of fused-ring (bicyclic) bond motifs is 2. The highest BCUT2D eigenvalue weighted by atomic mass is 79.9. The lowest BCUT2D eigenvalue weighted by Crippen LogP contribution is -2.09. The molecule has 0 unspecified atom stereocenters. The fraction of sp³-hybridized carbons (Fsp3) is 0.0400. The van der Waals surface area contributed by atoms with E-state index < -0.39 is 5.97 Å². The molecule has 0 spiro atoms. The molecule has 0 saturated heterocycles. The second kappa shape index (κ2) is 8.53. The van der Waals surface area contributed by atoms with Crippen LogP contribution >= 0.6 is 31.9 Å². The summed E-state index contributed by atoms with van der Waals surface area (Å²) in [5.41, 5.74) is 0.518. The number of carbonyl (C=O) groups excluding carboxylic acids is 1. The van der Waals surface area contributed by atoms with Crippen LogP contribution in [0.25, 0.3) is 21.9 Å². The van der Waals surface area contributed by atoms with Crippen molar-refractivity contribution >= 4 is 59.8 Å². The van der Waals surface area contributed by atoms with Gasteiger partial charge in [-0.1, -0.05) is 28.1 Å². The van der Waals surface area contributed by atoms with Crippen molar-refractivity contribution in [3.8, 4) is 17.2 Å². The average molecular weight is 570 g/mol. The van der Waals surface area contributed by atoms with Crippen molar-refractivity contribution in [2.45, 2.75) is 6.92 Å². The van der Waals surface area contributed by atoms with Crippen LogP contribution in [0.5, 0.6) is 17.2 Å². The first-order valence-corrected chi connectivity index (χ1v) is 11.4. The van der Waals surface area contributed by atoms with E-state index in [-0.39, 0.29) is 28.3 Å². The van der Waals surface area contributed by atoms with Gasteiger partial charge in [-0.2, -0.15) is 0 Å². The van der Waals surface area contributed by atoms with Gasteiger partial charge in [0.1, 0.15) is 28.4 Å². The van der Waals surface area contributed by atoms with Crippen molar-refractivity contribution in [1.82, 2.24) is 0 Å². The number of halogens is 2. The number of esters is 1. The Morgan fingerprint density at radius 3 is 2.55 bits per heavy atom. The summed E-state index contributed by atoms with van der Waals surface area (Å²) in [6.07, 6.45) is 0. The highest BCUT2D eigenvalue weighted by molar-refractivity contribution is 9.10. The Labute approximate surface area is 204 Å². The molecule has 0 saturated carbocycles. The number of benzene rings is 3. The molecule has 2 heterocycles. The van der Waals surface area contributed by atoms with Gasteiger partial charge in [-0.05, 0) is 71.4 Å². The molecule has 8 heteroatoms. The Morgan fingerprint density at radius 1 is 0.909 bits per heavy atom. The van der Waals surface area contributed by atoms with E-state index in [0.29, 0.717) is 27.0 Å². The summed E-state index contributed by atoms with van der Waals surface area (Å²) in [6, 6.07) is 18.8. The average Bonchev–Trinajstić information content (AvgIpc) is 3.21. The summed E-state index contributed by atoms with van der Waals surface area (Å²) >= 11 is 6.79. The van der Waals surface area contributed by atoms with E-state index >= 15 is 0 Å². The first-order valence-electron chi connectivity index (χ1n) is 9.80. The topological polar surface area (TPSA) is 78.9 Å². The third kappa shape index (κ3) is 4.19. The summed E-state index contributed by atoms with van der Waals surface area (Å²) in [7, 11) is 0. The highest BCUT2D eigenvalue weighted by Gasteiger charge is 2.18. The van der Waals surface area contributed by atoms with Gasteiger partial charge >= 0.3 is 5.97 Å². The Hall–Kier alpha value is -3.36. The molecule has 2 aromatic heterocycles. The molecule has 6 nitrogen and oxygen atoms in total. The van der Waals surface area contributed by atoms with Crippen molar-refractivity contribution in [1.29, 1.82) is 0 Å². The fourth-order valence-corrected chi connectivity index (χ4v) is 4.10. The molecule has 0 aliphatic heterocycles. The number of carbonyl (C=O) groups is 1. The first-order chi connectivity index (χ1) is 15.9. The fourth-order valence-electron chi connectivity index (χ4n) is 3.36. The number of ether oxygens (including phenoxy) is 2. The summed E-state index contributed by atoms with van der Waals surface area (Å²) in [4.78, 5) is 25.6. The van der Waals surface area contributed by atoms with E-state index in [0.717, 1.165) is 9.86 Å². The molecule has 0 aliphatic carbocycles. The normalized spacial score (nSPS) is 11.1. The van der Waals surface area contributed by atoms with Crippen LogP contribution in [0, 0.1) is 6.92 Å². The van der Waals surface area contributed by atoms with Crippen molar-refractivity contribution in [3.63, 3.8) is 0 Å². The lowest BCUT2D eigenvalue weighted by Gasteiger charge is -2.10. The number of para-hydroxylation sites is 1. The number of hydrogen-bond acceptors (Lipinski definition) is 6. The number of furan rings is 1. The minimum Gasteiger partial charge on any atom is -0.457 e. The molecule has 0 aliphatic rings. The van der Waals surface area contributed by atoms with Crippen molar-refractivity contribution < 1.29 is 23.1 Å². The molecule has 3 aromatic carbocycles. The van der Waals surface area contributed by atoms with Gasteiger partial charge in [0.15, 0.2) is 0 Å². The molecule has 0 radical (unpaired) electrons. The Morgan fingerprint density at radius 2 is 1.73 bits per heavy atom. The second-order valence-electron chi connectivity index (χ2n) is 7.19. The molecule has 5 aromatic rings. The van der Waals surface area contributed by atoms with Crippen molar-refractivity contribution in [2.24, 2.45) is 0 Å². The van der Waals surface area contributed by atoms with E-state index in [2.05, 4.69) is 31.9 Å². The molecule has 0 bridgehead atoms. The quantitative estimate of drug-likeness (QED) is 0.166. The Balaban J connectivity index is 1.45. The minimum absolute atomic E-state index is 0.0676. The van der Waals surface area contributed by atoms with Crippen LogP contribution in [0.3, 0.4) is 0 Å². The van der Waals surface area contributed by atoms with Crippen molar-refractivity contribution in [2.75, 3.05) is 0 Å². The van der Waals surface area contributed by atoms with E-state index in [1.54, 1.807) is 31.2 Å². The summed E-state index contributed by atoms with van der Waals surface area (Å²) in [6.45, 7) is 1.64. The molecule has 0 fully saturated rings. The van der Waals surface area contributed by atoms with Crippen LogP contribution in [0.1, 0.15) is 16.3 Å². The van der Waals surface area contributed by atoms with Gasteiger partial charge in [0.25, 0.3) is 0 Å². The van der Waals surface area contributed by atoms with Crippen LogP contribution in [0.15, 0.2) is 89.3 Å². The minimum atomic E-state index is -0.658. The van der Waals surface area contributed by atoms with E-state index in [1.807, 2.05) is 24.3 Å². The second-order valence-corrected chi connectivity index (χ2v) is 8.96. The lowest BCUT2D eigenvalue weighted by atomic mass is 10.2.